The number of benzene rings is 1. The molecule has 1 aromatic heterocycles. The maximum absolute atomic E-state index is 11.9. The van der Waals surface area contributed by atoms with E-state index in [2.05, 4.69) is 32.3 Å². The molecule has 25 heavy (non-hydrogen) atoms. The second-order valence-corrected chi connectivity index (χ2v) is 5.44. The van der Waals surface area contributed by atoms with Gasteiger partial charge in [0, 0.05) is 12.2 Å². The van der Waals surface area contributed by atoms with Crippen molar-refractivity contribution in [3.05, 3.63) is 47.9 Å². The monoisotopic (exact) mass is 342 g/mol. The molecule has 7 heteroatoms. The highest BCUT2D eigenvalue weighted by atomic mass is 16.5. The predicted molar refractivity (Wildman–Crippen MR) is 95.0 cm³/mol. The maximum Gasteiger partial charge on any atom is 0.337 e. The van der Waals surface area contributed by atoms with Gasteiger partial charge in [-0.15, -0.1) is 0 Å². The van der Waals surface area contributed by atoms with Gasteiger partial charge in [0.15, 0.2) is 0 Å². The molecular weight excluding hydrogens is 320 g/mol. The van der Waals surface area contributed by atoms with Crippen LogP contribution in [0.25, 0.3) is 0 Å². The first kappa shape index (κ1) is 18.4. The molecule has 0 aliphatic rings. The van der Waals surface area contributed by atoms with Gasteiger partial charge < -0.3 is 15.4 Å². The van der Waals surface area contributed by atoms with Crippen molar-refractivity contribution in [1.29, 1.82) is 0 Å². The fourth-order valence-corrected chi connectivity index (χ4v) is 2.13. The minimum absolute atomic E-state index is 0.224. The number of carbonyl (C=O) groups is 2. The Morgan fingerprint density at radius 1 is 1.08 bits per heavy atom. The van der Waals surface area contributed by atoms with Crippen molar-refractivity contribution in [2.75, 3.05) is 19.0 Å². The van der Waals surface area contributed by atoms with Crippen molar-refractivity contribution in [3.8, 4) is 0 Å². The summed E-state index contributed by atoms with van der Waals surface area (Å²) < 4.78 is 4.65. The molecule has 0 bridgehead atoms. The van der Waals surface area contributed by atoms with Gasteiger partial charge in [0.2, 0.25) is 0 Å². The Kier molecular flexibility index (Phi) is 6.88. The van der Waals surface area contributed by atoms with Gasteiger partial charge in [-0.1, -0.05) is 19.8 Å². The van der Waals surface area contributed by atoms with Crippen LogP contribution in [0.4, 0.5) is 11.5 Å². The zero-order chi connectivity index (χ0) is 18.1. The standard InChI is InChI=1S/C18H22N4O3/c1-3-4-5-10-19-17(23)15-11-21-16(12-20-15)22-14-8-6-13(7-9-14)18(24)25-2/h6-9,11-12H,3-5,10H2,1-2H3,(H,19,23)(H,21,22). The number of hydrogen-bond donors (Lipinski definition) is 2. The summed E-state index contributed by atoms with van der Waals surface area (Å²) in [4.78, 5) is 31.6. The van der Waals surface area contributed by atoms with Crippen molar-refractivity contribution in [1.82, 2.24) is 15.3 Å². The van der Waals surface area contributed by atoms with E-state index < -0.39 is 0 Å². The summed E-state index contributed by atoms with van der Waals surface area (Å²) in [6.45, 7) is 2.75. The molecular formula is C18H22N4O3. The SMILES string of the molecule is CCCCCNC(=O)c1cnc(Nc2ccc(C(=O)OC)cc2)cn1. The fraction of sp³-hybridized carbons (Fsp3) is 0.333. The molecule has 132 valence electrons. The highest BCUT2D eigenvalue weighted by molar-refractivity contribution is 5.92. The van der Waals surface area contributed by atoms with Crippen LogP contribution in [0, 0.1) is 0 Å². The van der Waals surface area contributed by atoms with E-state index in [1.807, 2.05) is 0 Å². The third kappa shape index (κ3) is 5.56. The molecule has 2 N–H and O–H groups in total. The molecule has 0 spiro atoms. The first-order valence-electron chi connectivity index (χ1n) is 8.19. The van der Waals surface area contributed by atoms with E-state index in [1.165, 1.54) is 19.5 Å². The smallest absolute Gasteiger partial charge is 0.337 e. The van der Waals surface area contributed by atoms with Gasteiger partial charge in [0.1, 0.15) is 11.5 Å². The average molecular weight is 342 g/mol. The van der Waals surface area contributed by atoms with Crippen LogP contribution in [0.15, 0.2) is 36.7 Å². The number of amides is 1. The summed E-state index contributed by atoms with van der Waals surface area (Å²) in [5.41, 5.74) is 1.50. The van der Waals surface area contributed by atoms with E-state index >= 15 is 0 Å². The van der Waals surface area contributed by atoms with E-state index in [4.69, 9.17) is 0 Å². The molecule has 0 saturated heterocycles. The number of hydrogen-bond acceptors (Lipinski definition) is 6. The van der Waals surface area contributed by atoms with E-state index in [1.54, 1.807) is 24.3 Å². The molecule has 2 rings (SSSR count). The number of ether oxygens (including phenoxy) is 1. The highest BCUT2D eigenvalue weighted by Crippen LogP contribution is 2.15. The summed E-state index contributed by atoms with van der Waals surface area (Å²) in [6, 6.07) is 6.78. The fourth-order valence-electron chi connectivity index (χ4n) is 2.13. The molecule has 2 aromatic rings. The van der Waals surface area contributed by atoms with Crippen LogP contribution in [0.1, 0.15) is 47.0 Å². The quantitative estimate of drug-likeness (QED) is 0.566. The largest absolute Gasteiger partial charge is 0.465 e. The highest BCUT2D eigenvalue weighted by Gasteiger charge is 2.08. The lowest BCUT2D eigenvalue weighted by molar-refractivity contribution is 0.0600. The van der Waals surface area contributed by atoms with Gasteiger partial charge in [-0.2, -0.15) is 0 Å². The number of carbonyl (C=O) groups excluding carboxylic acids is 2. The van der Waals surface area contributed by atoms with Gasteiger partial charge in [-0.05, 0) is 30.7 Å². The topological polar surface area (TPSA) is 93.2 Å². The van der Waals surface area contributed by atoms with Gasteiger partial charge in [0.25, 0.3) is 5.91 Å². The number of nitrogens with one attached hydrogen (secondary N) is 2. The number of nitrogens with zero attached hydrogens (tertiary/aromatic N) is 2. The van der Waals surface area contributed by atoms with Crippen LogP contribution in [0.2, 0.25) is 0 Å². The first-order valence-corrected chi connectivity index (χ1v) is 8.19. The molecule has 0 fully saturated rings. The maximum atomic E-state index is 11.9. The summed E-state index contributed by atoms with van der Waals surface area (Å²) in [7, 11) is 1.34. The van der Waals surface area contributed by atoms with Crippen molar-refractivity contribution >= 4 is 23.4 Å². The van der Waals surface area contributed by atoms with Crippen LogP contribution in [-0.2, 0) is 4.74 Å². The molecule has 0 unspecified atom stereocenters. The van der Waals surface area contributed by atoms with E-state index in [0.29, 0.717) is 17.9 Å². The Labute approximate surface area is 146 Å². The molecule has 0 atom stereocenters. The average Bonchev–Trinajstić information content (AvgIpc) is 2.65. The van der Waals surface area contributed by atoms with Crippen LogP contribution >= 0.6 is 0 Å². The third-order valence-corrected chi connectivity index (χ3v) is 3.53. The Bertz CT molecular complexity index is 699. The number of aromatic nitrogens is 2. The zero-order valence-electron chi connectivity index (χ0n) is 14.4. The second kappa shape index (κ2) is 9.36. The molecule has 1 aromatic carbocycles. The number of esters is 1. The van der Waals surface area contributed by atoms with E-state index in [-0.39, 0.29) is 17.6 Å². The van der Waals surface area contributed by atoms with Gasteiger partial charge in [-0.3, -0.25) is 4.79 Å². The zero-order valence-corrected chi connectivity index (χ0v) is 14.4. The summed E-state index contributed by atoms with van der Waals surface area (Å²) >= 11 is 0. The van der Waals surface area contributed by atoms with Crippen molar-refractivity contribution in [3.63, 3.8) is 0 Å². The lowest BCUT2D eigenvalue weighted by Crippen LogP contribution is -2.25. The number of anilines is 2. The van der Waals surface area contributed by atoms with Crippen molar-refractivity contribution < 1.29 is 14.3 Å². The van der Waals surface area contributed by atoms with Crippen LogP contribution in [0.5, 0.6) is 0 Å². The van der Waals surface area contributed by atoms with Crippen LogP contribution in [0.3, 0.4) is 0 Å². The molecule has 0 saturated carbocycles. The molecule has 1 amide bonds. The Hall–Kier alpha value is -2.96. The number of rotatable bonds is 8. The van der Waals surface area contributed by atoms with Gasteiger partial charge in [0.05, 0.1) is 25.1 Å². The minimum atomic E-state index is -0.388. The van der Waals surface area contributed by atoms with Crippen LogP contribution in [-0.4, -0.2) is 35.5 Å². The predicted octanol–water partition coefficient (Wildman–Crippen LogP) is 2.93. The normalized spacial score (nSPS) is 10.2. The molecule has 7 nitrogen and oxygen atoms in total. The Balaban J connectivity index is 1.91. The van der Waals surface area contributed by atoms with Crippen LogP contribution < -0.4 is 10.6 Å². The van der Waals surface area contributed by atoms with E-state index in [9.17, 15) is 9.59 Å². The molecule has 0 aliphatic heterocycles. The third-order valence-electron chi connectivity index (χ3n) is 3.53. The lowest BCUT2D eigenvalue weighted by Gasteiger charge is -2.07. The molecule has 1 heterocycles. The number of methoxy groups -OCH3 is 1. The summed E-state index contributed by atoms with van der Waals surface area (Å²) in [6.07, 6.45) is 6.08. The Morgan fingerprint density at radius 3 is 2.44 bits per heavy atom. The Morgan fingerprint density at radius 2 is 1.84 bits per heavy atom. The minimum Gasteiger partial charge on any atom is -0.465 e. The molecule has 0 aliphatic carbocycles. The lowest BCUT2D eigenvalue weighted by atomic mass is 10.2. The van der Waals surface area contributed by atoms with Crippen molar-refractivity contribution in [2.45, 2.75) is 26.2 Å². The number of unbranched alkanes of at least 4 members (excludes halogenated alkanes) is 2. The molecule has 0 radical (unpaired) electrons. The van der Waals surface area contributed by atoms with E-state index in [0.717, 1.165) is 24.9 Å². The summed E-state index contributed by atoms with van der Waals surface area (Å²) in [5.74, 6) is -0.105. The second-order valence-electron chi connectivity index (χ2n) is 5.44. The first-order chi connectivity index (χ1) is 12.1. The van der Waals surface area contributed by atoms with Gasteiger partial charge >= 0.3 is 5.97 Å². The summed E-state index contributed by atoms with van der Waals surface area (Å²) in [5, 5.41) is 5.88. The van der Waals surface area contributed by atoms with Crippen molar-refractivity contribution in [2.24, 2.45) is 0 Å². The van der Waals surface area contributed by atoms with Gasteiger partial charge in [-0.25, -0.2) is 14.8 Å².